The smallest absolute Gasteiger partial charge is 0.331 e. The van der Waals surface area contributed by atoms with Crippen molar-refractivity contribution in [2.75, 3.05) is 18.1 Å². The van der Waals surface area contributed by atoms with Crippen LogP contribution in [0.5, 0.6) is 5.75 Å². The van der Waals surface area contributed by atoms with Gasteiger partial charge in [-0.05, 0) is 39.0 Å². The third-order valence-corrected chi connectivity index (χ3v) is 3.33. The van der Waals surface area contributed by atoms with Gasteiger partial charge in [0, 0.05) is 5.02 Å². The minimum absolute atomic E-state index is 0.114. The van der Waals surface area contributed by atoms with Crippen LogP contribution in [0.1, 0.15) is 20.8 Å². The van der Waals surface area contributed by atoms with Crippen molar-refractivity contribution in [3.05, 3.63) is 23.2 Å². The first-order chi connectivity index (χ1) is 9.37. The zero-order valence-electron chi connectivity index (χ0n) is 11.6. The maximum Gasteiger partial charge on any atom is 0.331 e. The molecule has 0 saturated carbocycles. The number of halogens is 1. The second-order valence-electron chi connectivity index (χ2n) is 4.91. The zero-order valence-corrected chi connectivity index (χ0v) is 12.4. The molecule has 1 heterocycles. The van der Waals surface area contributed by atoms with Gasteiger partial charge in [-0.2, -0.15) is 0 Å². The standard InChI is InChI=1S/C14H16ClNO4/c1-4-19-13(18)14(2,3)16-10-7-9(15)5-6-11(10)20-8-12(16)17/h5-7H,4,8H2,1-3H3. The third kappa shape index (κ3) is 2.45. The largest absolute Gasteiger partial charge is 0.482 e. The Balaban J connectivity index is 2.48. The van der Waals surface area contributed by atoms with Crippen molar-refractivity contribution in [2.45, 2.75) is 26.3 Å². The first-order valence-corrected chi connectivity index (χ1v) is 6.68. The lowest BCUT2D eigenvalue weighted by molar-refractivity contribution is -0.150. The molecular weight excluding hydrogens is 282 g/mol. The molecule has 0 saturated heterocycles. The first kappa shape index (κ1) is 14.7. The molecule has 0 atom stereocenters. The Hall–Kier alpha value is -1.75. The minimum Gasteiger partial charge on any atom is -0.482 e. The summed E-state index contributed by atoms with van der Waals surface area (Å²) in [4.78, 5) is 25.7. The molecule has 0 aliphatic carbocycles. The van der Waals surface area contributed by atoms with Gasteiger partial charge >= 0.3 is 5.97 Å². The highest BCUT2D eigenvalue weighted by Gasteiger charge is 2.43. The van der Waals surface area contributed by atoms with Gasteiger partial charge in [-0.1, -0.05) is 11.6 Å². The van der Waals surface area contributed by atoms with Crippen LogP contribution in [0.15, 0.2) is 18.2 Å². The van der Waals surface area contributed by atoms with Crippen molar-refractivity contribution in [3.8, 4) is 5.75 Å². The second-order valence-corrected chi connectivity index (χ2v) is 5.35. The van der Waals surface area contributed by atoms with E-state index in [2.05, 4.69) is 0 Å². The predicted octanol–water partition coefficient (Wildman–Crippen LogP) is 2.41. The van der Waals surface area contributed by atoms with E-state index in [4.69, 9.17) is 21.1 Å². The molecule has 0 spiro atoms. The summed E-state index contributed by atoms with van der Waals surface area (Å²) in [5.41, 5.74) is -0.650. The number of amides is 1. The molecule has 0 bridgehead atoms. The highest BCUT2D eigenvalue weighted by atomic mass is 35.5. The molecule has 0 radical (unpaired) electrons. The Labute approximate surface area is 122 Å². The Morgan fingerprint density at radius 2 is 2.20 bits per heavy atom. The predicted molar refractivity (Wildman–Crippen MR) is 75.1 cm³/mol. The average molecular weight is 298 g/mol. The van der Waals surface area contributed by atoms with Crippen LogP contribution < -0.4 is 9.64 Å². The highest BCUT2D eigenvalue weighted by Crippen LogP contribution is 2.38. The fourth-order valence-corrected chi connectivity index (χ4v) is 2.30. The van der Waals surface area contributed by atoms with Crippen LogP contribution in [0.25, 0.3) is 0 Å². The molecule has 1 aromatic rings. The number of rotatable bonds is 3. The second kappa shape index (κ2) is 5.32. The summed E-state index contributed by atoms with van der Waals surface area (Å²) >= 11 is 5.97. The molecule has 1 aliphatic heterocycles. The molecule has 0 fully saturated rings. The van der Waals surface area contributed by atoms with E-state index in [0.29, 0.717) is 16.5 Å². The number of carbonyl (C=O) groups excluding carboxylic acids is 2. The van der Waals surface area contributed by atoms with Crippen LogP contribution in [0.4, 0.5) is 5.69 Å². The number of fused-ring (bicyclic) bond motifs is 1. The maximum atomic E-state index is 12.2. The lowest BCUT2D eigenvalue weighted by atomic mass is 10.0. The Kier molecular flexibility index (Phi) is 3.90. The number of hydrogen-bond donors (Lipinski definition) is 0. The Morgan fingerprint density at radius 3 is 2.85 bits per heavy atom. The lowest BCUT2D eigenvalue weighted by Crippen LogP contribution is -2.57. The topological polar surface area (TPSA) is 55.8 Å². The van der Waals surface area contributed by atoms with E-state index in [-0.39, 0.29) is 19.1 Å². The van der Waals surface area contributed by atoms with E-state index in [1.807, 2.05) is 0 Å². The van der Waals surface area contributed by atoms with Crippen LogP contribution >= 0.6 is 11.6 Å². The molecule has 5 nitrogen and oxygen atoms in total. The van der Waals surface area contributed by atoms with Crippen LogP contribution in [-0.2, 0) is 14.3 Å². The van der Waals surface area contributed by atoms with Crippen molar-refractivity contribution < 1.29 is 19.1 Å². The van der Waals surface area contributed by atoms with Crippen LogP contribution in [-0.4, -0.2) is 30.6 Å². The number of hydrogen-bond acceptors (Lipinski definition) is 4. The molecule has 2 rings (SSSR count). The molecule has 1 aromatic carbocycles. The Bertz CT molecular complexity index is 556. The monoisotopic (exact) mass is 297 g/mol. The van der Waals surface area contributed by atoms with Gasteiger partial charge in [-0.15, -0.1) is 0 Å². The summed E-state index contributed by atoms with van der Waals surface area (Å²) in [5.74, 6) is -0.259. The fourth-order valence-electron chi connectivity index (χ4n) is 2.14. The van der Waals surface area contributed by atoms with E-state index >= 15 is 0 Å². The van der Waals surface area contributed by atoms with Gasteiger partial charge in [0.1, 0.15) is 11.3 Å². The van der Waals surface area contributed by atoms with Gasteiger partial charge in [0.2, 0.25) is 0 Å². The van der Waals surface area contributed by atoms with E-state index in [9.17, 15) is 9.59 Å². The molecule has 0 aromatic heterocycles. The van der Waals surface area contributed by atoms with Crippen molar-refractivity contribution in [2.24, 2.45) is 0 Å². The van der Waals surface area contributed by atoms with Crippen molar-refractivity contribution in [1.82, 2.24) is 0 Å². The molecular formula is C14H16ClNO4. The van der Waals surface area contributed by atoms with E-state index in [0.717, 1.165) is 0 Å². The number of nitrogens with zero attached hydrogens (tertiary/aromatic N) is 1. The molecule has 0 unspecified atom stereocenters. The van der Waals surface area contributed by atoms with Crippen molar-refractivity contribution >= 4 is 29.2 Å². The van der Waals surface area contributed by atoms with Gasteiger partial charge in [0.25, 0.3) is 5.91 Å². The molecule has 1 amide bonds. The average Bonchev–Trinajstić information content (AvgIpc) is 2.38. The number of ether oxygens (including phenoxy) is 2. The first-order valence-electron chi connectivity index (χ1n) is 6.30. The molecule has 0 N–H and O–H groups in total. The Morgan fingerprint density at radius 1 is 1.50 bits per heavy atom. The third-order valence-electron chi connectivity index (χ3n) is 3.10. The molecule has 20 heavy (non-hydrogen) atoms. The van der Waals surface area contributed by atoms with E-state index in [1.54, 1.807) is 39.0 Å². The van der Waals surface area contributed by atoms with Gasteiger partial charge in [-0.3, -0.25) is 9.69 Å². The summed E-state index contributed by atoms with van der Waals surface area (Å²) in [6.07, 6.45) is 0. The normalized spacial score (nSPS) is 14.6. The molecule has 6 heteroatoms. The molecule has 1 aliphatic rings. The molecule has 108 valence electrons. The van der Waals surface area contributed by atoms with Gasteiger partial charge in [0.15, 0.2) is 6.61 Å². The summed E-state index contributed by atoms with van der Waals surface area (Å²) < 4.78 is 10.4. The number of carbonyl (C=O) groups is 2. The zero-order chi connectivity index (χ0) is 14.9. The van der Waals surface area contributed by atoms with Crippen LogP contribution in [0.2, 0.25) is 5.02 Å². The summed E-state index contributed by atoms with van der Waals surface area (Å²) in [5, 5.41) is 0.465. The minimum atomic E-state index is -1.13. The van der Waals surface area contributed by atoms with Crippen LogP contribution in [0.3, 0.4) is 0 Å². The van der Waals surface area contributed by atoms with Crippen molar-refractivity contribution in [3.63, 3.8) is 0 Å². The highest BCUT2D eigenvalue weighted by molar-refractivity contribution is 6.31. The van der Waals surface area contributed by atoms with Gasteiger partial charge < -0.3 is 9.47 Å². The lowest BCUT2D eigenvalue weighted by Gasteiger charge is -2.39. The number of benzene rings is 1. The van der Waals surface area contributed by atoms with E-state index in [1.165, 1.54) is 4.90 Å². The number of esters is 1. The SMILES string of the molecule is CCOC(=O)C(C)(C)N1C(=O)COc2ccc(Cl)cc21. The van der Waals surface area contributed by atoms with E-state index < -0.39 is 11.5 Å². The maximum absolute atomic E-state index is 12.2. The van der Waals surface area contributed by atoms with Gasteiger partial charge in [-0.25, -0.2) is 4.79 Å². The van der Waals surface area contributed by atoms with Gasteiger partial charge in [0.05, 0.1) is 12.3 Å². The fraction of sp³-hybridized carbons (Fsp3) is 0.429. The summed E-state index contributed by atoms with van der Waals surface area (Å²) in [6, 6.07) is 4.96. The summed E-state index contributed by atoms with van der Waals surface area (Å²) in [6.45, 7) is 5.14. The van der Waals surface area contributed by atoms with Crippen LogP contribution in [0, 0.1) is 0 Å². The summed E-state index contributed by atoms with van der Waals surface area (Å²) in [7, 11) is 0. The quantitative estimate of drug-likeness (QED) is 0.804. The van der Waals surface area contributed by atoms with Crippen molar-refractivity contribution in [1.29, 1.82) is 0 Å². The number of anilines is 1.